The second kappa shape index (κ2) is 7.08. The maximum absolute atomic E-state index is 12.6. The fourth-order valence-corrected chi connectivity index (χ4v) is 2.89. The maximum Gasteiger partial charge on any atom is 0.292 e. The Hall–Kier alpha value is -2.64. The van der Waals surface area contributed by atoms with Crippen molar-refractivity contribution in [2.24, 2.45) is 0 Å². The number of carbonyl (C=O) groups is 2. The molecule has 3 heterocycles. The second-order valence-corrected chi connectivity index (χ2v) is 6.40. The third-order valence-corrected chi connectivity index (χ3v) is 4.40. The zero-order valence-electron chi connectivity index (χ0n) is 14.8. The van der Waals surface area contributed by atoms with Crippen molar-refractivity contribution in [2.75, 3.05) is 5.32 Å². The van der Waals surface area contributed by atoms with Crippen LogP contribution >= 0.6 is 0 Å². The molecule has 0 bridgehead atoms. The lowest BCUT2D eigenvalue weighted by atomic mass is 10.1. The normalized spacial score (nSPS) is 14.7. The number of rotatable bonds is 5. The average molecular weight is 345 g/mol. The van der Waals surface area contributed by atoms with Gasteiger partial charge in [-0.2, -0.15) is 0 Å². The number of aromatic nitrogens is 3. The second-order valence-electron chi connectivity index (χ2n) is 6.40. The number of nitrogens with zero attached hydrogens (tertiary/aromatic N) is 3. The van der Waals surface area contributed by atoms with Crippen LogP contribution < -0.4 is 10.6 Å². The Morgan fingerprint density at radius 1 is 1.36 bits per heavy atom. The predicted molar refractivity (Wildman–Crippen MR) is 91.6 cm³/mol. The van der Waals surface area contributed by atoms with Crippen LogP contribution in [0.15, 0.2) is 10.6 Å². The van der Waals surface area contributed by atoms with Crippen LogP contribution in [0.2, 0.25) is 0 Å². The van der Waals surface area contributed by atoms with Gasteiger partial charge in [0.25, 0.3) is 11.8 Å². The van der Waals surface area contributed by atoms with Gasteiger partial charge >= 0.3 is 0 Å². The molecule has 2 N–H and O–H groups in total. The van der Waals surface area contributed by atoms with E-state index in [4.69, 9.17) is 4.52 Å². The van der Waals surface area contributed by atoms with E-state index in [9.17, 15) is 9.59 Å². The lowest BCUT2D eigenvalue weighted by molar-refractivity contribution is 0.0933. The van der Waals surface area contributed by atoms with E-state index >= 15 is 0 Å². The molecule has 25 heavy (non-hydrogen) atoms. The van der Waals surface area contributed by atoms with Crippen molar-refractivity contribution in [1.29, 1.82) is 0 Å². The molecule has 0 spiro atoms. The summed E-state index contributed by atoms with van der Waals surface area (Å²) in [5.41, 5.74) is 1.18. The van der Waals surface area contributed by atoms with E-state index < -0.39 is 0 Å². The Morgan fingerprint density at radius 3 is 2.84 bits per heavy atom. The number of nitrogens with one attached hydrogen (secondary N) is 2. The van der Waals surface area contributed by atoms with Crippen LogP contribution in [0.1, 0.15) is 65.7 Å². The van der Waals surface area contributed by atoms with Gasteiger partial charge in [0.15, 0.2) is 11.6 Å². The van der Waals surface area contributed by atoms with E-state index in [0.717, 1.165) is 31.4 Å². The molecule has 0 aliphatic carbocycles. The smallest absolute Gasteiger partial charge is 0.292 e. The third-order valence-electron chi connectivity index (χ3n) is 4.40. The van der Waals surface area contributed by atoms with Crippen molar-refractivity contribution in [3.05, 3.63) is 29.0 Å². The number of fused-ring (bicyclic) bond motifs is 1. The van der Waals surface area contributed by atoms with Gasteiger partial charge in [0.05, 0.1) is 5.69 Å². The van der Waals surface area contributed by atoms with Crippen molar-refractivity contribution < 1.29 is 14.1 Å². The number of imidazole rings is 1. The molecule has 1 atom stereocenters. The molecule has 2 aromatic rings. The zero-order valence-corrected chi connectivity index (χ0v) is 14.8. The number of aryl methyl sites for hydroxylation is 1. The molecule has 1 aliphatic heterocycles. The molecule has 3 rings (SSSR count). The van der Waals surface area contributed by atoms with E-state index in [1.54, 1.807) is 13.0 Å². The standard InChI is InChI=1S/C17H23N5O3/c1-4-10(2)18-16(23)14-12-7-5-6-8-22(12)15(20-14)17(24)19-13-9-11(3)25-21-13/h9-10H,4-8H2,1-3H3,(H,18,23)(H,19,21,24). The SMILES string of the molecule is CCC(C)NC(=O)c1nc(C(=O)Nc2cc(C)on2)n2c1CCCC2. The molecule has 2 aromatic heterocycles. The Kier molecular flexibility index (Phi) is 4.87. The van der Waals surface area contributed by atoms with E-state index in [2.05, 4.69) is 20.8 Å². The van der Waals surface area contributed by atoms with E-state index in [0.29, 0.717) is 23.8 Å². The van der Waals surface area contributed by atoms with Crippen molar-refractivity contribution >= 4 is 17.6 Å². The van der Waals surface area contributed by atoms with Crippen LogP contribution in [0.5, 0.6) is 0 Å². The van der Waals surface area contributed by atoms with Crippen LogP contribution in [0.25, 0.3) is 0 Å². The van der Waals surface area contributed by atoms with Crippen molar-refractivity contribution in [3.63, 3.8) is 0 Å². The van der Waals surface area contributed by atoms with Gasteiger partial charge in [-0.25, -0.2) is 4.98 Å². The summed E-state index contributed by atoms with van der Waals surface area (Å²) in [6.07, 6.45) is 3.52. The minimum absolute atomic E-state index is 0.0591. The number of hydrogen-bond donors (Lipinski definition) is 2. The lowest BCUT2D eigenvalue weighted by Gasteiger charge is -2.17. The highest BCUT2D eigenvalue weighted by Crippen LogP contribution is 2.22. The van der Waals surface area contributed by atoms with Gasteiger partial charge < -0.3 is 19.7 Å². The lowest BCUT2D eigenvalue weighted by Crippen LogP contribution is -2.33. The first kappa shape index (κ1) is 17.2. The Morgan fingerprint density at radius 2 is 2.16 bits per heavy atom. The predicted octanol–water partition coefficient (Wildman–Crippen LogP) is 2.30. The molecule has 0 fully saturated rings. The van der Waals surface area contributed by atoms with Gasteiger partial charge in [0.2, 0.25) is 0 Å². The zero-order chi connectivity index (χ0) is 18.0. The van der Waals surface area contributed by atoms with E-state index in [-0.39, 0.29) is 23.7 Å². The van der Waals surface area contributed by atoms with Gasteiger partial charge in [-0.1, -0.05) is 12.1 Å². The number of anilines is 1. The Labute approximate surface area is 146 Å². The minimum atomic E-state index is -0.390. The fourth-order valence-electron chi connectivity index (χ4n) is 2.89. The summed E-state index contributed by atoms with van der Waals surface area (Å²) in [6.45, 7) is 6.38. The van der Waals surface area contributed by atoms with Gasteiger partial charge in [-0.15, -0.1) is 0 Å². The molecular weight excluding hydrogens is 322 g/mol. The quantitative estimate of drug-likeness (QED) is 0.865. The van der Waals surface area contributed by atoms with Crippen LogP contribution in [0.3, 0.4) is 0 Å². The van der Waals surface area contributed by atoms with Gasteiger partial charge in [0.1, 0.15) is 11.5 Å². The Balaban J connectivity index is 1.89. The molecular formula is C17H23N5O3. The molecule has 0 radical (unpaired) electrons. The number of amides is 2. The molecule has 0 saturated carbocycles. The van der Waals surface area contributed by atoms with Crippen molar-refractivity contribution in [1.82, 2.24) is 20.0 Å². The fraction of sp³-hybridized carbons (Fsp3) is 0.529. The average Bonchev–Trinajstić information content (AvgIpc) is 3.18. The summed E-state index contributed by atoms with van der Waals surface area (Å²) in [4.78, 5) is 29.5. The summed E-state index contributed by atoms with van der Waals surface area (Å²) >= 11 is 0. The van der Waals surface area contributed by atoms with Crippen LogP contribution in [-0.2, 0) is 13.0 Å². The number of carbonyl (C=O) groups excluding carboxylic acids is 2. The largest absolute Gasteiger partial charge is 0.360 e. The molecule has 8 nitrogen and oxygen atoms in total. The molecule has 134 valence electrons. The molecule has 2 amide bonds. The third kappa shape index (κ3) is 3.57. The first-order chi connectivity index (χ1) is 12.0. The van der Waals surface area contributed by atoms with Crippen LogP contribution in [-0.4, -0.2) is 32.6 Å². The first-order valence-corrected chi connectivity index (χ1v) is 8.64. The molecule has 0 saturated heterocycles. The summed E-state index contributed by atoms with van der Waals surface area (Å²) < 4.78 is 6.80. The highest BCUT2D eigenvalue weighted by atomic mass is 16.5. The maximum atomic E-state index is 12.6. The Bertz CT molecular complexity index is 792. The molecule has 0 aromatic carbocycles. The number of hydrogen-bond acceptors (Lipinski definition) is 5. The van der Waals surface area contributed by atoms with Gasteiger partial charge in [-0.05, 0) is 39.5 Å². The van der Waals surface area contributed by atoms with E-state index in [1.807, 2.05) is 18.4 Å². The van der Waals surface area contributed by atoms with E-state index in [1.165, 1.54) is 0 Å². The van der Waals surface area contributed by atoms with Crippen LogP contribution in [0, 0.1) is 6.92 Å². The topological polar surface area (TPSA) is 102 Å². The monoisotopic (exact) mass is 345 g/mol. The first-order valence-electron chi connectivity index (χ1n) is 8.64. The highest BCUT2D eigenvalue weighted by Gasteiger charge is 2.28. The van der Waals surface area contributed by atoms with Crippen molar-refractivity contribution in [3.8, 4) is 0 Å². The molecule has 8 heteroatoms. The summed E-state index contributed by atoms with van der Waals surface area (Å²) in [6, 6.07) is 1.69. The molecule has 1 unspecified atom stereocenters. The molecule has 1 aliphatic rings. The van der Waals surface area contributed by atoms with Crippen molar-refractivity contribution in [2.45, 2.75) is 59.0 Å². The van der Waals surface area contributed by atoms with Crippen LogP contribution in [0.4, 0.5) is 5.82 Å². The van der Waals surface area contributed by atoms with Gasteiger partial charge in [0, 0.05) is 18.7 Å². The summed E-state index contributed by atoms with van der Waals surface area (Å²) in [5, 5.41) is 9.36. The minimum Gasteiger partial charge on any atom is -0.360 e. The summed E-state index contributed by atoms with van der Waals surface area (Å²) in [5.74, 6) is 0.565. The summed E-state index contributed by atoms with van der Waals surface area (Å²) in [7, 11) is 0. The van der Waals surface area contributed by atoms with Gasteiger partial charge in [-0.3, -0.25) is 9.59 Å². The highest BCUT2D eigenvalue weighted by molar-refractivity contribution is 6.03.